The fourth-order valence-electron chi connectivity index (χ4n) is 1.26. The Morgan fingerprint density at radius 3 is 1.95 bits per heavy atom. The summed E-state index contributed by atoms with van der Waals surface area (Å²) in [5.74, 6) is -0.924. The average Bonchev–Trinajstić information content (AvgIpc) is 2.39. The number of hydrogen-bond acceptors (Lipinski definition) is 5. The van der Waals surface area contributed by atoms with Crippen LogP contribution in [0.4, 0.5) is 0 Å². The second-order valence-electron chi connectivity index (χ2n) is 4.63. The summed E-state index contributed by atoms with van der Waals surface area (Å²) in [6.45, 7) is 2.17. The first kappa shape index (κ1) is 20.6. The summed E-state index contributed by atoms with van der Waals surface area (Å²) in [6, 6.07) is 0. The third-order valence-corrected chi connectivity index (χ3v) is 2.76. The van der Waals surface area contributed by atoms with Crippen LogP contribution in [0.25, 0.3) is 0 Å². The lowest BCUT2D eigenvalue weighted by Gasteiger charge is -2.21. The minimum atomic E-state index is -0.979. The van der Waals surface area contributed by atoms with E-state index in [0.717, 1.165) is 19.3 Å². The smallest absolute Gasteiger partial charge is 0.311 e. The Kier molecular flexibility index (Phi) is 14.9. The fraction of sp³-hybridized carbons (Fsp3) is 0.923. The standard InChI is InChI=1S/C10H20O4.C3H8O2/c1-10(8-11,9(12)13)6-4-3-5-7-14-2;4-2-1-3-5/h11H,3-8H2,1-2H3,(H,12,13);4-5H,1-3H2. The largest absolute Gasteiger partial charge is 0.481 e. The molecule has 0 fully saturated rings. The van der Waals surface area contributed by atoms with Gasteiger partial charge in [0.15, 0.2) is 0 Å². The number of aliphatic hydroxyl groups is 3. The maximum atomic E-state index is 10.8. The normalized spacial score (nSPS) is 13.3. The lowest BCUT2D eigenvalue weighted by atomic mass is 9.86. The summed E-state index contributed by atoms with van der Waals surface area (Å²) in [5.41, 5.74) is -0.979. The SMILES string of the molecule is COCCCCCC(C)(CO)C(=O)O.OCCCO. The van der Waals surface area contributed by atoms with Gasteiger partial charge in [-0.15, -0.1) is 0 Å². The van der Waals surface area contributed by atoms with Crippen LogP contribution in [0.3, 0.4) is 0 Å². The number of ether oxygens (including phenoxy) is 1. The van der Waals surface area contributed by atoms with E-state index in [0.29, 0.717) is 19.4 Å². The van der Waals surface area contributed by atoms with Gasteiger partial charge in [-0.2, -0.15) is 0 Å². The van der Waals surface area contributed by atoms with E-state index in [4.69, 9.17) is 25.2 Å². The Hall–Kier alpha value is -0.690. The van der Waals surface area contributed by atoms with Gasteiger partial charge in [-0.25, -0.2) is 0 Å². The zero-order valence-corrected chi connectivity index (χ0v) is 12.0. The molecule has 0 radical (unpaired) electrons. The third kappa shape index (κ3) is 12.1. The summed E-state index contributed by atoms with van der Waals surface area (Å²) in [6.07, 6.45) is 3.71. The molecule has 0 saturated carbocycles. The second kappa shape index (κ2) is 13.7. The van der Waals surface area contributed by atoms with Crippen LogP contribution in [-0.4, -0.2) is 59.9 Å². The van der Waals surface area contributed by atoms with Gasteiger partial charge in [0.1, 0.15) is 0 Å². The molecule has 0 bridgehead atoms. The lowest BCUT2D eigenvalue weighted by molar-refractivity contribution is -0.150. The van der Waals surface area contributed by atoms with Crippen molar-refractivity contribution in [3.8, 4) is 0 Å². The van der Waals surface area contributed by atoms with Gasteiger partial charge in [-0.3, -0.25) is 4.79 Å². The summed E-state index contributed by atoms with van der Waals surface area (Å²) >= 11 is 0. The Balaban J connectivity index is 0. The van der Waals surface area contributed by atoms with E-state index in [1.54, 1.807) is 14.0 Å². The number of aliphatic carboxylic acids is 1. The van der Waals surface area contributed by atoms with Crippen molar-refractivity contribution >= 4 is 5.97 Å². The molecule has 0 amide bonds. The highest BCUT2D eigenvalue weighted by molar-refractivity contribution is 5.74. The molecule has 1 unspecified atom stereocenters. The number of carboxylic acids is 1. The van der Waals surface area contributed by atoms with Crippen molar-refractivity contribution in [2.45, 2.75) is 39.0 Å². The van der Waals surface area contributed by atoms with Crippen LogP contribution in [0.15, 0.2) is 0 Å². The van der Waals surface area contributed by atoms with E-state index in [2.05, 4.69) is 0 Å². The first-order chi connectivity index (χ1) is 8.98. The predicted octanol–water partition coefficient (Wildman–Crippen LogP) is 0.638. The van der Waals surface area contributed by atoms with Crippen LogP contribution in [0.2, 0.25) is 0 Å². The van der Waals surface area contributed by atoms with E-state index in [-0.39, 0.29) is 19.8 Å². The van der Waals surface area contributed by atoms with Crippen LogP contribution in [-0.2, 0) is 9.53 Å². The second-order valence-corrected chi connectivity index (χ2v) is 4.63. The van der Waals surface area contributed by atoms with Crippen LogP contribution in [0, 0.1) is 5.41 Å². The Labute approximate surface area is 115 Å². The van der Waals surface area contributed by atoms with Gasteiger partial charge in [0, 0.05) is 26.9 Å². The third-order valence-electron chi connectivity index (χ3n) is 2.76. The molecule has 0 aromatic carbocycles. The Morgan fingerprint density at radius 1 is 1.05 bits per heavy atom. The van der Waals surface area contributed by atoms with Crippen molar-refractivity contribution in [2.75, 3.05) is 33.5 Å². The Bertz CT molecular complexity index is 207. The molecule has 116 valence electrons. The number of carboxylic acid groups (broad SMARTS) is 1. The molecule has 0 aliphatic carbocycles. The van der Waals surface area contributed by atoms with Crippen LogP contribution < -0.4 is 0 Å². The maximum absolute atomic E-state index is 10.8. The average molecular weight is 280 g/mol. The molecule has 0 aliphatic heterocycles. The molecule has 0 aliphatic rings. The highest BCUT2D eigenvalue weighted by Gasteiger charge is 2.31. The number of carbonyl (C=O) groups is 1. The number of hydrogen-bond donors (Lipinski definition) is 4. The van der Waals surface area contributed by atoms with Crippen molar-refractivity contribution in [3.05, 3.63) is 0 Å². The Morgan fingerprint density at radius 2 is 1.63 bits per heavy atom. The minimum absolute atomic E-state index is 0.0938. The zero-order chi connectivity index (χ0) is 15.1. The monoisotopic (exact) mass is 280 g/mol. The molecule has 6 nitrogen and oxygen atoms in total. The van der Waals surface area contributed by atoms with Gasteiger partial charge in [0.25, 0.3) is 0 Å². The highest BCUT2D eigenvalue weighted by Crippen LogP contribution is 2.24. The first-order valence-corrected chi connectivity index (χ1v) is 6.53. The quantitative estimate of drug-likeness (QED) is 0.437. The van der Waals surface area contributed by atoms with E-state index < -0.39 is 11.4 Å². The van der Waals surface area contributed by atoms with Gasteiger partial charge in [-0.05, 0) is 26.2 Å². The summed E-state index contributed by atoms with van der Waals surface area (Å²) in [7, 11) is 1.65. The molecule has 1 atom stereocenters. The van der Waals surface area contributed by atoms with Crippen molar-refractivity contribution in [1.82, 2.24) is 0 Å². The van der Waals surface area contributed by atoms with Gasteiger partial charge < -0.3 is 25.2 Å². The molecule has 0 rings (SSSR count). The summed E-state index contributed by atoms with van der Waals surface area (Å²) < 4.78 is 4.88. The van der Waals surface area contributed by atoms with E-state index in [9.17, 15) is 4.79 Å². The highest BCUT2D eigenvalue weighted by atomic mass is 16.5. The van der Waals surface area contributed by atoms with Gasteiger partial charge >= 0.3 is 5.97 Å². The zero-order valence-electron chi connectivity index (χ0n) is 12.0. The van der Waals surface area contributed by atoms with E-state index >= 15 is 0 Å². The van der Waals surface area contributed by atoms with Crippen molar-refractivity contribution in [3.63, 3.8) is 0 Å². The number of aliphatic hydroxyl groups excluding tert-OH is 3. The molecular formula is C13H28O6. The van der Waals surface area contributed by atoms with Crippen molar-refractivity contribution in [1.29, 1.82) is 0 Å². The number of unbranched alkanes of at least 4 members (excludes halogenated alkanes) is 2. The number of rotatable bonds is 10. The van der Waals surface area contributed by atoms with Gasteiger partial charge in [0.05, 0.1) is 12.0 Å². The van der Waals surface area contributed by atoms with E-state index in [1.807, 2.05) is 0 Å². The minimum Gasteiger partial charge on any atom is -0.481 e. The molecule has 0 heterocycles. The topological polar surface area (TPSA) is 107 Å². The molecule has 0 saturated heterocycles. The molecule has 0 spiro atoms. The molecule has 0 aromatic rings. The van der Waals surface area contributed by atoms with Crippen LogP contribution in [0.5, 0.6) is 0 Å². The predicted molar refractivity (Wildman–Crippen MR) is 72.0 cm³/mol. The van der Waals surface area contributed by atoms with Crippen LogP contribution >= 0.6 is 0 Å². The fourth-order valence-corrected chi connectivity index (χ4v) is 1.26. The molecule has 6 heteroatoms. The first-order valence-electron chi connectivity index (χ1n) is 6.53. The molecule has 19 heavy (non-hydrogen) atoms. The van der Waals surface area contributed by atoms with Crippen molar-refractivity contribution < 1.29 is 30.0 Å². The number of methoxy groups -OCH3 is 1. The summed E-state index contributed by atoms with van der Waals surface area (Å²) in [4.78, 5) is 10.8. The van der Waals surface area contributed by atoms with E-state index in [1.165, 1.54) is 0 Å². The summed E-state index contributed by atoms with van der Waals surface area (Å²) in [5, 5.41) is 33.6. The van der Waals surface area contributed by atoms with Crippen LogP contribution in [0.1, 0.15) is 39.0 Å². The molecule has 0 aromatic heterocycles. The molecular weight excluding hydrogens is 252 g/mol. The maximum Gasteiger partial charge on any atom is 0.311 e. The van der Waals surface area contributed by atoms with Gasteiger partial charge in [0.2, 0.25) is 0 Å². The molecule has 4 N–H and O–H groups in total. The lowest BCUT2D eigenvalue weighted by Crippen LogP contribution is -2.31. The van der Waals surface area contributed by atoms with Crippen molar-refractivity contribution in [2.24, 2.45) is 5.41 Å². The van der Waals surface area contributed by atoms with Gasteiger partial charge in [-0.1, -0.05) is 12.8 Å².